The molecule has 0 amide bonds. The van der Waals surface area contributed by atoms with Gasteiger partial charge in [-0.1, -0.05) is 25.9 Å². The molecule has 14 heteroatoms. The number of azide groups is 1. The quantitative estimate of drug-likeness (QED) is 0.0877. The highest BCUT2D eigenvalue weighted by molar-refractivity contribution is 6.00. The number of aliphatic hydroxyl groups is 3. The molecule has 2 rings (SSSR count). The predicted octanol–water partition coefficient (Wildman–Crippen LogP) is 2.40. The lowest BCUT2D eigenvalue weighted by Crippen LogP contribution is -2.60. The number of nitrogens with zero attached hydrogens (tertiary/aromatic N) is 4. The minimum atomic E-state index is -2.08. The average molecular weight is 643 g/mol. The van der Waals surface area contributed by atoms with Crippen molar-refractivity contribution in [2.45, 2.75) is 128 Å². The van der Waals surface area contributed by atoms with Gasteiger partial charge in [-0.25, -0.2) is 0 Å². The Hall–Kier alpha value is -2.16. The van der Waals surface area contributed by atoms with Gasteiger partial charge in [0.05, 0.1) is 23.9 Å². The van der Waals surface area contributed by atoms with Crippen LogP contribution < -0.4 is 0 Å². The number of likely N-dealkylation sites (N-methyl/N-ethyl adjacent to an activating group) is 1. The van der Waals surface area contributed by atoms with E-state index in [1.165, 1.54) is 27.9 Å². The molecule has 13 atom stereocenters. The maximum absolute atomic E-state index is 13.9. The van der Waals surface area contributed by atoms with Gasteiger partial charge in [0, 0.05) is 42.4 Å². The fourth-order valence-corrected chi connectivity index (χ4v) is 6.68. The second kappa shape index (κ2) is 16.1. The summed E-state index contributed by atoms with van der Waals surface area (Å²) in [6.07, 6.45) is -5.73. The van der Waals surface area contributed by atoms with Crippen LogP contribution in [0.4, 0.5) is 0 Å². The zero-order chi connectivity index (χ0) is 34.4. The van der Waals surface area contributed by atoms with Crippen LogP contribution in [0.15, 0.2) is 5.11 Å². The van der Waals surface area contributed by atoms with Crippen LogP contribution in [0.25, 0.3) is 10.4 Å². The number of cyclic esters (lactones) is 1. The number of hydrogen-bond donors (Lipinski definition) is 3. The summed E-state index contributed by atoms with van der Waals surface area (Å²) in [5.74, 6) is -6.01. The first kappa shape index (κ1) is 39.0. The summed E-state index contributed by atoms with van der Waals surface area (Å²) in [6, 6.07) is -0.294. The van der Waals surface area contributed by atoms with Gasteiger partial charge in [0.15, 0.2) is 12.1 Å². The van der Waals surface area contributed by atoms with E-state index in [0.717, 1.165) is 0 Å². The molecule has 14 nitrogen and oxygen atoms in total. The molecule has 0 aliphatic carbocycles. The summed E-state index contributed by atoms with van der Waals surface area (Å²) in [5, 5.41) is 37.5. The van der Waals surface area contributed by atoms with Gasteiger partial charge in [0.2, 0.25) is 0 Å². The first-order valence-corrected chi connectivity index (χ1v) is 15.7. The predicted molar refractivity (Wildman–Crippen MR) is 164 cm³/mol. The minimum absolute atomic E-state index is 0.00262. The molecule has 2 saturated heterocycles. The Morgan fingerprint density at radius 3 is 2.24 bits per heavy atom. The summed E-state index contributed by atoms with van der Waals surface area (Å²) in [7, 11) is 5.11. The molecule has 0 aromatic heterocycles. The lowest BCUT2D eigenvalue weighted by molar-refractivity contribution is -0.295. The molecule has 0 aromatic carbocycles. The molecule has 2 fully saturated rings. The van der Waals surface area contributed by atoms with E-state index >= 15 is 0 Å². The van der Waals surface area contributed by atoms with E-state index in [-0.39, 0.29) is 43.7 Å². The second-order valence-electron chi connectivity index (χ2n) is 13.5. The van der Waals surface area contributed by atoms with Crippen molar-refractivity contribution < 1.29 is 48.7 Å². The third-order valence-electron chi connectivity index (χ3n) is 9.72. The number of methoxy groups -OCH3 is 1. The van der Waals surface area contributed by atoms with E-state index in [4.69, 9.17) is 24.5 Å². The molecule has 258 valence electrons. The molecule has 2 aliphatic rings. The van der Waals surface area contributed by atoms with Gasteiger partial charge in [-0.3, -0.25) is 14.4 Å². The van der Waals surface area contributed by atoms with E-state index in [1.807, 2.05) is 25.9 Å². The Bertz CT molecular complexity index is 1080. The van der Waals surface area contributed by atoms with E-state index in [9.17, 15) is 29.7 Å². The van der Waals surface area contributed by atoms with Gasteiger partial charge < -0.3 is 39.2 Å². The number of ether oxygens (including phenoxy) is 4. The Morgan fingerprint density at radius 1 is 1.07 bits per heavy atom. The van der Waals surface area contributed by atoms with E-state index < -0.39 is 77.3 Å². The van der Waals surface area contributed by atoms with Crippen LogP contribution in [0.2, 0.25) is 0 Å². The van der Waals surface area contributed by atoms with Gasteiger partial charge in [-0.2, -0.15) is 0 Å². The Morgan fingerprint density at radius 2 is 1.69 bits per heavy atom. The zero-order valence-electron chi connectivity index (χ0n) is 28.4. The van der Waals surface area contributed by atoms with Crippen LogP contribution >= 0.6 is 0 Å². The molecule has 0 saturated carbocycles. The molecule has 2 heterocycles. The van der Waals surface area contributed by atoms with Crippen LogP contribution in [-0.4, -0.2) is 120 Å². The summed E-state index contributed by atoms with van der Waals surface area (Å²) >= 11 is 0. The second-order valence-corrected chi connectivity index (χ2v) is 13.5. The van der Waals surface area contributed by atoms with Crippen molar-refractivity contribution in [1.29, 1.82) is 0 Å². The number of carbonyl (C=O) groups is 3. The highest BCUT2D eigenvalue weighted by atomic mass is 16.7. The van der Waals surface area contributed by atoms with Crippen molar-refractivity contribution in [2.75, 3.05) is 27.7 Å². The fourth-order valence-electron chi connectivity index (χ4n) is 6.68. The zero-order valence-corrected chi connectivity index (χ0v) is 28.4. The third kappa shape index (κ3) is 9.01. The van der Waals surface area contributed by atoms with Crippen LogP contribution in [0, 0.1) is 23.7 Å². The smallest absolute Gasteiger partial charge is 0.316 e. The standard InChI is InChI=1S/C31H54N4O10/c1-16-15-30(6,42-10)27(45-29-25(38)21(35(8)9)14-17(2)43-29)19(4)24(37)20(5)28(40)44-22(12-11-13-33-34-32)31(7,41)26(39)18(3)23(16)36/h16-22,25-27,29,38-39,41H,11-15H2,1-10H3/t16-,17-,18+,19+,20-,21+,22-,25-,26-,27-,29+,30-,31-/m1/s1. The Balaban J connectivity index is 2.61. The Kier molecular flexibility index (Phi) is 14.0. The van der Waals surface area contributed by atoms with Gasteiger partial charge in [0.25, 0.3) is 0 Å². The Labute approximate surface area is 266 Å². The molecular weight excluding hydrogens is 588 g/mol. The molecule has 0 radical (unpaired) electrons. The van der Waals surface area contributed by atoms with Crippen molar-refractivity contribution >= 4 is 17.5 Å². The van der Waals surface area contributed by atoms with Gasteiger partial charge >= 0.3 is 5.97 Å². The third-order valence-corrected chi connectivity index (χ3v) is 9.72. The van der Waals surface area contributed by atoms with E-state index in [2.05, 4.69) is 10.0 Å². The number of Topliss-reactive ketones (excluding diaryl/α,β-unsaturated/α-hetero) is 2. The SMILES string of the molecule is CO[C@]1(C)C[C@@H](C)C(=O)[C@H](C)[C@@H](O)[C@](C)(O)[C@@H](CCCN=[N+]=[N-])OC(=O)[C@H](C)C(=O)[C@H](C)[C@H]1O[C@@H]1O[C@H](C)C[C@H](N(C)C)[C@H]1O. The van der Waals surface area contributed by atoms with Crippen molar-refractivity contribution in [3.05, 3.63) is 10.4 Å². The highest BCUT2D eigenvalue weighted by Crippen LogP contribution is 2.38. The van der Waals surface area contributed by atoms with E-state index in [1.54, 1.807) is 20.8 Å². The summed E-state index contributed by atoms with van der Waals surface area (Å²) in [5.41, 5.74) is 5.26. The lowest BCUT2D eigenvalue weighted by atomic mass is 9.74. The molecule has 45 heavy (non-hydrogen) atoms. The maximum atomic E-state index is 13.9. The number of esters is 1. The molecule has 0 spiro atoms. The molecule has 3 N–H and O–H groups in total. The first-order valence-electron chi connectivity index (χ1n) is 15.7. The average Bonchev–Trinajstić information content (AvgIpc) is 2.99. The van der Waals surface area contributed by atoms with Crippen LogP contribution in [0.1, 0.15) is 74.1 Å². The maximum Gasteiger partial charge on any atom is 0.316 e. The van der Waals surface area contributed by atoms with E-state index in [0.29, 0.717) is 6.42 Å². The highest BCUT2D eigenvalue weighted by Gasteiger charge is 2.52. The van der Waals surface area contributed by atoms with Crippen molar-refractivity contribution in [1.82, 2.24) is 4.90 Å². The van der Waals surface area contributed by atoms with Crippen molar-refractivity contribution in [3.63, 3.8) is 0 Å². The molecule has 2 aliphatic heterocycles. The number of ketones is 2. The van der Waals surface area contributed by atoms with Crippen LogP contribution in [-0.2, 0) is 33.3 Å². The monoisotopic (exact) mass is 642 g/mol. The lowest BCUT2D eigenvalue weighted by Gasteiger charge is -2.47. The first-order chi connectivity index (χ1) is 20.8. The fraction of sp³-hybridized carbons (Fsp3) is 0.903. The summed E-state index contributed by atoms with van der Waals surface area (Å²) in [6.45, 7) is 11.0. The molecule has 0 aromatic rings. The molecule has 0 unspecified atom stereocenters. The largest absolute Gasteiger partial charge is 0.459 e. The van der Waals surface area contributed by atoms with Gasteiger partial charge in [-0.05, 0) is 73.0 Å². The normalized spacial score (nSPS) is 42.5. The van der Waals surface area contributed by atoms with Crippen molar-refractivity contribution in [2.24, 2.45) is 28.8 Å². The topological polar surface area (TPSA) is 201 Å². The van der Waals surface area contributed by atoms with Gasteiger partial charge in [-0.15, -0.1) is 0 Å². The van der Waals surface area contributed by atoms with Crippen LogP contribution in [0.5, 0.6) is 0 Å². The molecular formula is C31H54N4O10. The summed E-state index contributed by atoms with van der Waals surface area (Å²) in [4.78, 5) is 45.7. The minimum Gasteiger partial charge on any atom is -0.459 e. The number of rotatable bonds is 8. The number of hydrogen-bond acceptors (Lipinski definition) is 12. The number of carbonyl (C=O) groups excluding carboxylic acids is 3. The number of aliphatic hydroxyl groups excluding tert-OH is 2. The molecule has 0 bridgehead atoms. The van der Waals surface area contributed by atoms with Crippen LogP contribution in [0.3, 0.4) is 0 Å². The van der Waals surface area contributed by atoms with Gasteiger partial charge in [0.1, 0.15) is 29.5 Å². The van der Waals surface area contributed by atoms with Crippen molar-refractivity contribution in [3.8, 4) is 0 Å². The summed E-state index contributed by atoms with van der Waals surface area (Å²) < 4.78 is 24.1.